The second kappa shape index (κ2) is 9.40. The third-order valence-corrected chi connectivity index (χ3v) is 6.60. The number of hydrogen-bond acceptors (Lipinski definition) is 4. The normalized spacial score (nSPS) is 16.8. The van der Waals surface area contributed by atoms with Crippen LogP contribution in [0.2, 0.25) is 0 Å². The van der Waals surface area contributed by atoms with Crippen LogP contribution in [0.5, 0.6) is 0 Å². The summed E-state index contributed by atoms with van der Waals surface area (Å²) in [5, 5.41) is 2.90. The van der Waals surface area contributed by atoms with Gasteiger partial charge in [0.05, 0.1) is 4.90 Å². The molecule has 0 saturated carbocycles. The smallest absolute Gasteiger partial charge is 0.283 e. The maximum atomic E-state index is 13.0. The summed E-state index contributed by atoms with van der Waals surface area (Å²) in [5.74, 6) is 0.412. The van der Waals surface area contributed by atoms with Crippen LogP contribution in [0.25, 0.3) is 0 Å². The number of nitrogens with one attached hydrogen (secondary N) is 1. The molecule has 30 heavy (non-hydrogen) atoms. The largest absolute Gasteiger partial charge is 0.362 e. The molecule has 0 aliphatic carbocycles. The Bertz CT molecular complexity index is 1000. The number of amides is 1. The van der Waals surface area contributed by atoms with Gasteiger partial charge in [-0.15, -0.1) is 4.40 Å². The molecule has 1 aliphatic heterocycles. The molecule has 1 aliphatic rings. The number of benzene rings is 2. The SMILES string of the molecule is CCN(C)C(C(=O)Nc1ccc(S(=O)(=O)/N=C2/CCCN2C)cc1)c1ccccc1. The van der Waals surface area contributed by atoms with Crippen molar-refractivity contribution in [1.29, 1.82) is 0 Å². The molecule has 1 saturated heterocycles. The lowest BCUT2D eigenvalue weighted by Crippen LogP contribution is -2.34. The van der Waals surface area contributed by atoms with Gasteiger partial charge in [0, 0.05) is 25.7 Å². The first-order valence-corrected chi connectivity index (χ1v) is 11.5. The number of likely N-dealkylation sites (N-methyl/N-ethyl adjacent to an activating group) is 1. The quantitative estimate of drug-likeness (QED) is 0.733. The molecule has 0 bridgehead atoms. The van der Waals surface area contributed by atoms with Gasteiger partial charge in [-0.05, 0) is 49.8 Å². The van der Waals surface area contributed by atoms with Crippen molar-refractivity contribution < 1.29 is 13.2 Å². The highest BCUT2D eigenvalue weighted by Crippen LogP contribution is 2.23. The molecule has 1 amide bonds. The van der Waals surface area contributed by atoms with Gasteiger partial charge >= 0.3 is 0 Å². The summed E-state index contributed by atoms with van der Waals surface area (Å²) in [6.07, 6.45) is 1.57. The molecule has 1 N–H and O–H groups in total. The van der Waals surface area contributed by atoms with Gasteiger partial charge in [-0.3, -0.25) is 9.69 Å². The summed E-state index contributed by atoms with van der Waals surface area (Å²) in [7, 11) is -0.0345. The summed E-state index contributed by atoms with van der Waals surface area (Å²) in [5.41, 5.74) is 1.44. The summed E-state index contributed by atoms with van der Waals surface area (Å²) in [6, 6.07) is 15.3. The molecule has 2 aromatic carbocycles. The number of anilines is 1. The van der Waals surface area contributed by atoms with Crippen LogP contribution < -0.4 is 5.32 Å². The van der Waals surface area contributed by atoms with Crippen LogP contribution in [0.15, 0.2) is 63.9 Å². The van der Waals surface area contributed by atoms with Crippen molar-refractivity contribution in [2.75, 3.05) is 32.5 Å². The van der Waals surface area contributed by atoms with E-state index in [1.807, 2.05) is 61.2 Å². The Labute approximate surface area is 178 Å². The third kappa shape index (κ3) is 5.06. The predicted octanol–water partition coefficient (Wildman–Crippen LogP) is 3.13. The molecular formula is C22H28N4O3S. The number of likely N-dealkylation sites (tertiary alicyclic amines) is 1. The van der Waals surface area contributed by atoms with Crippen molar-refractivity contribution in [3.63, 3.8) is 0 Å². The van der Waals surface area contributed by atoms with E-state index in [4.69, 9.17) is 0 Å². The van der Waals surface area contributed by atoms with E-state index < -0.39 is 16.1 Å². The Morgan fingerprint density at radius 3 is 2.40 bits per heavy atom. The van der Waals surface area contributed by atoms with Crippen molar-refractivity contribution in [2.24, 2.45) is 4.40 Å². The van der Waals surface area contributed by atoms with Crippen molar-refractivity contribution >= 4 is 27.5 Å². The highest BCUT2D eigenvalue weighted by Gasteiger charge is 2.25. The lowest BCUT2D eigenvalue weighted by Gasteiger charge is -2.26. The Morgan fingerprint density at radius 1 is 1.17 bits per heavy atom. The fourth-order valence-electron chi connectivity index (χ4n) is 3.45. The summed E-state index contributed by atoms with van der Waals surface area (Å²) < 4.78 is 29.1. The molecule has 1 fully saturated rings. The van der Waals surface area contributed by atoms with Gasteiger partial charge in [0.25, 0.3) is 10.0 Å². The number of amidine groups is 1. The summed E-state index contributed by atoms with van der Waals surface area (Å²) in [4.78, 5) is 16.9. The second-order valence-corrected chi connectivity index (χ2v) is 9.01. The molecule has 8 heteroatoms. The standard InChI is InChI=1S/C22H28N4O3S/c1-4-25(2)21(17-9-6-5-7-10-17)22(27)23-18-12-14-19(15-13-18)30(28,29)24-20-11-8-16-26(20)3/h5-7,9-10,12-15,21H,4,8,11,16H2,1-3H3,(H,23,27)/b24-20-. The zero-order valence-corrected chi connectivity index (χ0v) is 18.4. The minimum atomic E-state index is -3.77. The predicted molar refractivity (Wildman–Crippen MR) is 119 cm³/mol. The maximum Gasteiger partial charge on any atom is 0.283 e. The Balaban J connectivity index is 1.77. The fraction of sp³-hybridized carbons (Fsp3) is 0.364. The lowest BCUT2D eigenvalue weighted by atomic mass is 10.0. The van der Waals surface area contributed by atoms with E-state index in [9.17, 15) is 13.2 Å². The van der Waals surface area contributed by atoms with Crippen LogP contribution in [-0.4, -0.2) is 57.1 Å². The van der Waals surface area contributed by atoms with Crippen molar-refractivity contribution in [3.8, 4) is 0 Å². The van der Waals surface area contributed by atoms with Crippen LogP contribution in [0.1, 0.15) is 31.4 Å². The van der Waals surface area contributed by atoms with Gasteiger partial charge < -0.3 is 10.2 Å². The van der Waals surface area contributed by atoms with E-state index in [2.05, 4.69) is 9.71 Å². The average Bonchev–Trinajstić information content (AvgIpc) is 3.13. The lowest BCUT2D eigenvalue weighted by molar-refractivity contribution is -0.121. The number of carbonyl (C=O) groups excluding carboxylic acids is 1. The first-order chi connectivity index (χ1) is 14.3. The van der Waals surface area contributed by atoms with Crippen molar-refractivity contribution in [3.05, 3.63) is 60.2 Å². The van der Waals surface area contributed by atoms with Gasteiger partial charge in [0.15, 0.2) is 0 Å². The maximum absolute atomic E-state index is 13.0. The molecule has 0 aromatic heterocycles. The molecule has 0 spiro atoms. The minimum Gasteiger partial charge on any atom is -0.362 e. The van der Waals surface area contributed by atoms with E-state index in [-0.39, 0.29) is 10.8 Å². The highest BCUT2D eigenvalue weighted by molar-refractivity contribution is 7.90. The van der Waals surface area contributed by atoms with Crippen LogP contribution in [0.4, 0.5) is 5.69 Å². The molecule has 160 valence electrons. The minimum absolute atomic E-state index is 0.110. The first kappa shape index (κ1) is 22.0. The molecule has 3 rings (SSSR count). The van der Waals surface area contributed by atoms with Crippen LogP contribution in [0, 0.1) is 0 Å². The zero-order valence-electron chi connectivity index (χ0n) is 17.6. The molecule has 0 radical (unpaired) electrons. The average molecular weight is 429 g/mol. The van der Waals surface area contributed by atoms with Crippen molar-refractivity contribution in [1.82, 2.24) is 9.80 Å². The summed E-state index contributed by atoms with van der Waals surface area (Å²) >= 11 is 0. The Morgan fingerprint density at radius 2 is 1.83 bits per heavy atom. The molecule has 2 aromatic rings. The van der Waals surface area contributed by atoms with E-state index in [0.717, 1.165) is 18.5 Å². The number of carbonyl (C=O) groups is 1. The van der Waals surface area contributed by atoms with E-state index in [0.29, 0.717) is 24.5 Å². The van der Waals surface area contributed by atoms with Gasteiger partial charge in [-0.2, -0.15) is 8.42 Å². The Kier molecular flexibility index (Phi) is 6.89. The molecular weight excluding hydrogens is 400 g/mol. The molecule has 1 heterocycles. The molecule has 7 nitrogen and oxygen atoms in total. The first-order valence-electron chi connectivity index (χ1n) is 10.0. The van der Waals surface area contributed by atoms with E-state index in [1.165, 1.54) is 12.1 Å². The van der Waals surface area contributed by atoms with E-state index in [1.54, 1.807) is 12.1 Å². The van der Waals surface area contributed by atoms with Crippen LogP contribution >= 0.6 is 0 Å². The second-order valence-electron chi connectivity index (χ2n) is 7.41. The monoisotopic (exact) mass is 428 g/mol. The van der Waals surface area contributed by atoms with Crippen molar-refractivity contribution in [2.45, 2.75) is 30.7 Å². The van der Waals surface area contributed by atoms with Gasteiger partial charge in [0.2, 0.25) is 5.91 Å². The van der Waals surface area contributed by atoms with E-state index >= 15 is 0 Å². The van der Waals surface area contributed by atoms with Gasteiger partial charge in [-0.1, -0.05) is 37.3 Å². The number of hydrogen-bond donors (Lipinski definition) is 1. The number of rotatable bonds is 7. The molecule has 1 atom stereocenters. The topological polar surface area (TPSA) is 82.1 Å². The number of nitrogens with zero attached hydrogens (tertiary/aromatic N) is 3. The summed E-state index contributed by atoms with van der Waals surface area (Å²) in [6.45, 7) is 3.51. The number of sulfonamides is 1. The zero-order chi connectivity index (χ0) is 21.7. The van der Waals surface area contributed by atoms with Gasteiger partial charge in [-0.25, -0.2) is 0 Å². The third-order valence-electron chi connectivity index (χ3n) is 5.28. The van der Waals surface area contributed by atoms with Crippen LogP contribution in [-0.2, 0) is 14.8 Å². The van der Waals surface area contributed by atoms with Gasteiger partial charge in [0.1, 0.15) is 11.9 Å². The fourth-order valence-corrected chi connectivity index (χ4v) is 4.54. The molecule has 1 unspecified atom stereocenters. The Hall–Kier alpha value is -2.71. The van der Waals surface area contributed by atoms with Crippen LogP contribution in [0.3, 0.4) is 0 Å². The highest BCUT2D eigenvalue weighted by atomic mass is 32.2.